The van der Waals surface area contributed by atoms with Crippen LogP contribution in [-0.2, 0) is 0 Å². The molecule has 84 valence electrons. The maximum absolute atomic E-state index is 5.86. The third kappa shape index (κ3) is 2.91. The van der Waals surface area contributed by atoms with E-state index < -0.39 is 0 Å². The molecule has 0 aliphatic rings. The number of rotatable bonds is 5. The highest BCUT2D eigenvalue weighted by molar-refractivity contribution is 5.45. The minimum atomic E-state index is 0.110. The van der Waals surface area contributed by atoms with Gasteiger partial charge in [-0.05, 0) is 25.0 Å². The Morgan fingerprint density at radius 3 is 2.80 bits per heavy atom. The Kier molecular flexibility index (Phi) is 4.52. The SMILES string of the molecule is CCCCC(NN)c1c(C)ccnc1N. The van der Waals surface area contributed by atoms with Gasteiger partial charge in [-0.15, -0.1) is 0 Å². The molecule has 0 fully saturated rings. The largest absolute Gasteiger partial charge is 0.383 e. The van der Waals surface area contributed by atoms with E-state index in [-0.39, 0.29) is 6.04 Å². The molecule has 0 aliphatic heterocycles. The second-order valence-electron chi connectivity index (χ2n) is 3.79. The lowest BCUT2D eigenvalue weighted by Crippen LogP contribution is -2.29. The fourth-order valence-corrected chi connectivity index (χ4v) is 1.76. The molecule has 4 heteroatoms. The number of pyridine rings is 1. The van der Waals surface area contributed by atoms with Crippen molar-refractivity contribution in [2.24, 2.45) is 5.84 Å². The summed E-state index contributed by atoms with van der Waals surface area (Å²) in [6.45, 7) is 4.19. The second-order valence-corrected chi connectivity index (χ2v) is 3.79. The van der Waals surface area contributed by atoms with Crippen LogP contribution in [0.2, 0.25) is 0 Å². The maximum atomic E-state index is 5.86. The van der Waals surface area contributed by atoms with Crippen LogP contribution in [0.1, 0.15) is 43.4 Å². The van der Waals surface area contributed by atoms with E-state index in [2.05, 4.69) is 17.3 Å². The molecular weight excluding hydrogens is 188 g/mol. The smallest absolute Gasteiger partial charge is 0.128 e. The zero-order valence-electron chi connectivity index (χ0n) is 9.46. The summed E-state index contributed by atoms with van der Waals surface area (Å²) in [4.78, 5) is 4.10. The lowest BCUT2D eigenvalue weighted by molar-refractivity contribution is 0.493. The van der Waals surface area contributed by atoms with Crippen LogP contribution in [0.15, 0.2) is 12.3 Å². The third-order valence-electron chi connectivity index (χ3n) is 2.63. The molecule has 1 aromatic rings. The monoisotopic (exact) mass is 208 g/mol. The predicted molar refractivity (Wildman–Crippen MR) is 63.0 cm³/mol. The number of nitrogens with two attached hydrogens (primary N) is 2. The molecule has 4 nitrogen and oxygen atoms in total. The first-order chi connectivity index (χ1) is 7.20. The fourth-order valence-electron chi connectivity index (χ4n) is 1.76. The van der Waals surface area contributed by atoms with Gasteiger partial charge in [0.15, 0.2) is 0 Å². The normalized spacial score (nSPS) is 12.7. The number of aromatic nitrogens is 1. The number of anilines is 1. The summed E-state index contributed by atoms with van der Waals surface area (Å²) in [5.41, 5.74) is 10.9. The average molecular weight is 208 g/mol. The number of nitrogens with zero attached hydrogens (tertiary/aromatic N) is 1. The number of nitrogen functional groups attached to an aromatic ring is 1. The summed E-state index contributed by atoms with van der Waals surface area (Å²) in [7, 11) is 0. The van der Waals surface area contributed by atoms with Crippen molar-refractivity contribution < 1.29 is 0 Å². The van der Waals surface area contributed by atoms with Crippen LogP contribution in [0.3, 0.4) is 0 Å². The minimum Gasteiger partial charge on any atom is -0.383 e. The molecule has 15 heavy (non-hydrogen) atoms. The summed E-state index contributed by atoms with van der Waals surface area (Å²) in [5.74, 6) is 6.13. The molecule has 0 aliphatic carbocycles. The zero-order valence-corrected chi connectivity index (χ0v) is 9.46. The van der Waals surface area contributed by atoms with Gasteiger partial charge in [0, 0.05) is 17.8 Å². The number of aryl methyl sites for hydroxylation is 1. The van der Waals surface area contributed by atoms with Crippen LogP contribution in [0.5, 0.6) is 0 Å². The summed E-state index contributed by atoms with van der Waals surface area (Å²) in [6, 6.07) is 2.07. The van der Waals surface area contributed by atoms with E-state index in [0.717, 1.165) is 30.4 Å². The highest BCUT2D eigenvalue weighted by atomic mass is 15.2. The Bertz CT molecular complexity index is 291. The molecule has 1 aromatic heterocycles. The second kappa shape index (κ2) is 5.68. The van der Waals surface area contributed by atoms with E-state index in [9.17, 15) is 0 Å². The van der Waals surface area contributed by atoms with Crippen molar-refractivity contribution in [2.75, 3.05) is 5.73 Å². The van der Waals surface area contributed by atoms with E-state index in [4.69, 9.17) is 11.6 Å². The number of nitrogens with one attached hydrogen (secondary N) is 1. The van der Waals surface area contributed by atoms with Gasteiger partial charge < -0.3 is 5.73 Å². The van der Waals surface area contributed by atoms with Gasteiger partial charge in [0.05, 0.1) is 0 Å². The van der Waals surface area contributed by atoms with Crippen LogP contribution in [0, 0.1) is 6.92 Å². The Morgan fingerprint density at radius 1 is 1.53 bits per heavy atom. The van der Waals surface area contributed by atoms with Crippen molar-refractivity contribution in [3.63, 3.8) is 0 Å². The molecule has 0 bridgehead atoms. The molecule has 0 radical (unpaired) electrons. The number of hydrazine groups is 1. The van der Waals surface area contributed by atoms with Crippen molar-refractivity contribution in [3.05, 3.63) is 23.4 Å². The van der Waals surface area contributed by atoms with Gasteiger partial charge >= 0.3 is 0 Å². The molecule has 1 heterocycles. The topological polar surface area (TPSA) is 77.0 Å². The molecule has 1 unspecified atom stereocenters. The van der Waals surface area contributed by atoms with E-state index in [1.807, 2.05) is 13.0 Å². The molecule has 0 aromatic carbocycles. The molecule has 0 saturated carbocycles. The molecule has 0 amide bonds. The van der Waals surface area contributed by atoms with Crippen LogP contribution < -0.4 is 17.0 Å². The summed E-state index contributed by atoms with van der Waals surface area (Å²) in [6.07, 6.45) is 4.99. The third-order valence-corrected chi connectivity index (χ3v) is 2.63. The van der Waals surface area contributed by atoms with Gasteiger partial charge in [0.1, 0.15) is 5.82 Å². The fraction of sp³-hybridized carbons (Fsp3) is 0.545. The maximum Gasteiger partial charge on any atom is 0.128 e. The van der Waals surface area contributed by atoms with Crippen LogP contribution in [0.4, 0.5) is 5.82 Å². The first kappa shape index (κ1) is 11.9. The standard InChI is InChI=1S/C11H20N4/c1-3-4-5-9(15-13)10-8(2)6-7-14-11(10)12/h6-7,9,15H,3-5,13H2,1-2H3,(H2,12,14). The van der Waals surface area contributed by atoms with Gasteiger partial charge in [0.2, 0.25) is 0 Å². The van der Waals surface area contributed by atoms with Crippen LogP contribution in [0.25, 0.3) is 0 Å². The van der Waals surface area contributed by atoms with Gasteiger partial charge in [-0.1, -0.05) is 19.8 Å². The van der Waals surface area contributed by atoms with Gasteiger partial charge in [0.25, 0.3) is 0 Å². The zero-order chi connectivity index (χ0) is 11.3. The van der Waals surface area contributed by atoms with Gasteiger partial charge in [-0.2, -0.15) is 0 Å². The van der Waals surface area contributed by atoms with E-state index >= 15 is 0 Å². The van der Waals surface area contributed by atoms with Crippen molar-refractivity contribution in [3.8, 4) is 0 Å². The van der Waals surface area contributed by atoms with Crippen LogP contribution in [-0.4, -0.2) is 4.98 Å². The highest BCUT2D eigenvalue weighted by Gasteiger charge is 2.15. The Labute approximate surface area is 91.0 Å². The van der Waals surface area contributed by atoms with E-state index in [0.29, 0.717) is 5.82 Å². The van der Waals surface area contributed by atoms with Crippen molar-refractivity contribution in [2.45, 2.75) is 39.2 Å². The minimum absolute atomic E-state index is 0.110. The first-order valence-electron chi connectivity index (χ1n) is 5.37. The number of hydrogen-bond donors (Lipinski definition) is 3. The Morgan fingerprint density at radius 2 is 2.27 bits per heavy atom. The van der Waals surface area contributed by atoms with Crippen LogP contribution >= 0.6 is 0 Å². The molecule has 1 rings (SSSR count). The Hall–Kier alpha value is -1.13. The molecule has 1 atom stereocenters. The Balaban J connectivity index is 2.90. The van der Waals surface area contributed by atoms with E-state index in [1.165, 1.54) is 0 Å². The van der Waals surface area contributed by atoms with Gasteiger partial charge in [-0.25, -0.2) is 4.98 Å². The summed E-state index contributed by atoms with van der Waals surface area (Å²) < 4.78 is 0. The summed E-state index contributed by atoms with van der Waals surface area (Å²) in [5, 5.41) is 0. The predicted octanol–water partition coefficient (Wildman–Crippen LogP) is 1.67. The molecule has 5 N–H and O–H groups in total. The van der Waals surface area contributed by atoms with Gasteiger partial charge in [-0.3, -0.25) is 11.3 Å². The molecule has 0 spiro atoms. The van der Waals surface area contributed by atoms with Crippen molar-refractivity contribution >= 4 is 5.82 Å². The quantitative estimate of drug-likeness (QED) is 0.508. The molecular formula is C11H20N4. The van der Waals surface area contributed by atoms with E-state index in [1.54, 1.807) is 6.20 Å². The number of hydrogen-bond acceptors (Lipinski definition) is 4. The van der Waals surface area contributed by atoms with Crippen molar-refractivity contribution in [1.82, 2.24) is 10.4 Å². The lowest BCUT2D eigenvalue weighted by atomic mass is 9.98. The highest BCUT2D eigenvalue weighted by Crippen LogP contribution is 2.25. The lowest BCUT2D eigenvalue weighted by Gasteiger charge is -2.19. The number of unbranched alkanes of at least 4 members (excludes halogenated alkanes) is 1. The van der Waals surface area contributed by atoms with Crippen molar-refractivity contribution in [1.29, 1.82) is 0 Å². The molecule has 0 saturated heterocycles. The first-order valence-corrected chi connectivity index (χ1v) is 5.37. The summed E-state index contributed by atoms with van der Waals surface area (Å²) >= 11 is 0. The average Bonchev–Trinajstić information content (AvgIpc) is 2.22.